The molecule has 2 aromatic carbocycles. The van der Waals surface area contributed by atoms with Crippen LogP contribution in [0, 0.1) is 24.4 Å². The number of nitrogens with one attached hydrogen (secondary N) is 2. The molecule has 0 bridgehead atoms. The molecule has 1 saturated heterocycles. The number of aromatic nitrogens is 1. The van der Waals surface area contributed by atoms with E-state index in [4.69, 9.17) is 10.5 Å². The van der Waals surface area contributed by atoms with Crippen LogP contribution in [0.15, 0.2) is 42.6 Å². The van der Waals surface area contributed by atoms with Gasteiger partial charge in [0.25, 0.3) is 11.8 Å². The van der Waals surface area contributed by atoms with Crippen LogP contribution >= 0.6 is 0 Å². The Balaban J connectivity index is 1.56. The summed E-state index contributed by atoms with van der Waals surface area (Å²) in [5.41, 5.74) is 6.33. The fraction of sp³-hybridized carbons (Fsp3) is 0.208. The number of rotatable bonds is 6. The Kier molecular flexibility index (Phi) is 6.72. The lowest BCUT2D eigenvalue weighted by Crippen LogP contribution is -2.48. The average Bonchev–Trinajstić information content (AvgIpc) is 2.78. The summed E-state index contributed by atoms with van der Waals surface area (Å²) < 4.78 is 46.9. The van der Waals surface area contributed by atoms with Crippen LogP contribution in [0.3, 0.4) is 0 Å². The predicted molar refractivity (Wildman–Crippen MR) is 121 cm³/mol. The third-order valence-electron chi connectivity index (χ3n) is 5.54. The zero-order chi connectivity index (χ0) is 25.3. The Morgan fingerprint density at radius 1 is 1.14 bits per heavy atom. The van der Waals surface area contributed by atoms with Crippen molar-refractivity contribution in [2.75, 3.05) is 24.3 Å². The van der Waals surface area contributed by atoms with E-state index in [-0.39, 0.29) is 34.2 Å². The number of amides is 2. The quantitative estimate of drug-likeness (QED) is 0.425. The van der Waals surface area contributed by atoms with Crippen LogP contribution in [0.4, 0.5) is 24.7 Å². The highest BCUT2D eigenvalue weighted by Gasteiger charge is 2.24. The van der Waals surface area contributed by atoms with E-state index in [0.29, 0.717) is 30.4 Å². The van der Waals surface area contributed by atoms with Gasteiger partial charge in [0.05, 0.1) is 30.5 Å². The molecule has 0 aliphatic carbocycles. The van der Waals surface area contributed by atoms with Gasteiger partial charge in [0.15, 0.2) is 6.10 Å². The molecule has 2 amide bonds. The van der Waals surface area contributed by atoms with E-state index in [1.807, 2.05) is 0 Å². The Morgan fingerprint density at radius 3 is 2.46 bits per heavy atom. The number of benzene rings is 2. The molecule has 0 spiro atoms. The topological polar surface area (TPSA) is 127 Å². The number of nitrogen functional groups attached to an aromatic ring is 1. The smallest absolute Gasteiger partial charge is 0.257 e. The maximum atomic E-state index is 15.1. The van der Waals surface area contributed by atoms with Crippen molar-refractivity contribution in [2.45, 2.75) is 19.1 Å². The first-order valence-electron chi connectivity index (χ1n) is 10.5. The van der Waals surface area contributed by atoms with Gasteiger partial charge in [-0.2, -0.15) is 0 Å². The summed E-state index contributed by atoms with van der Waals surface area (Å²) in [6, 6.07) is 6.33. The average molecular weight is 486 g/mol. The fourth-order valence-corrected chi connectivity index (χ4v) is 3.57. The number of carbonyl (C=O) groups is 2. The van der Waals surface area contributed by atoms with E-state index >= 15 is 4.39 Å². The number of aliphatic hydroxyl groups is 1. The molecule has 4 rings (SSSR count). The number of halogens is 3. The summed E-state index contributed by atoms with van der Waals surface area (Å²) >= 11 is 0. The number of hydrogen-bond acceptors (Lipinski definition) is 6. The third-order valence-corrected chi connectivity index (χ3v) is 5.54. The lowest BCUT2D eigenvalue weighted by atomic mass is 9.99. The number of pyridine rings is 1. The maximum absolute atomic E-state index is 15.1. The van der Waals surface area contributed by atoms with Gasteiger partial charge in [-0.1, -0.05) is 6.07 Å². The van der Waals surface area contributed by atoms with Crippen molar-refractivity contribution in [3.63, 3.8) is 0 Å². The van der Waals surface area contributed by atoms with Crippen LogP contribution in [0.1, 0.15) is 27.6 Å². The van der Waals surface area contributed by atoms with E-state index in [0.717, 1.165) is 12.1 Å². The maximum Gasteiger partial charge on any atom is 0.257 e. The molecule has 0 radical (unpaired) electrons. The summed E-state index contributed by atoms with van der Waals surface area (Å²) in [5.74, 6) is -4.24. The first-order valence-corrected chi connectivity index (χ1v) is 10.5. The molecule has 182 valence electrons. The molecular weight excluding hydrogens is 465 g/mol. The van der Waals surface area contributed by atoms with Crippen molar-refractivity contribution in [2.24, 2.45) is 0 Å². The van der Waals surface area contributed by atoms with Crippen LogP contribution < -0.4 is 16.4 Å². The molecule has 1 aromatic heterocycles. The summed E-state index contributed by atoms with van der Waals surface area (Å²) in [7, 11) is 0. The van der Waals surface area contributed by atoms with Gasteiger partial charge in [0, 0.05) is 17.8 Å². The fourth-order valence-electron chi connectivity index (χ4n) is 3.57. The number of ether oxygens (including phenoxy) is 1. The second-order valence-electron chi connectivity index (χ2n) is 8.06. The van der Waals surface area contributed by atoms with Crippen molar-refractivity contribution < 1.29 is 32.6 Å². The highest BCUT2D eigenvalue weighted by Crippen LogP contribution is 2.31. The summed E-state index contributed by atoms with van der Waals surface area (Å²) in [4.78, 5) is 28.9. The van der Waals surface area contributed by atoms with Crippen LogP contribution in [0.25, 0.3) is 11.1 Å². The predicted octanol–water partition coefficient (Wildman–Crippen LogP) is 2.86. The minimum Gasteiger partial charge on any atom is -0.383 e. The minimum atomic E-state index is -1.93. The lowest BCUT2D eigenvalue weighted by Gasteiger charge is -2.27. The van der Waals surface area contributed by atoms with Crippen molar-refractivity contribution in [3.05, 3.63) is 76.7 Å². The van der Waals surface area contributed by atoms with Gasteiger partial charge in [-0.25, -0.2) is 18.2 Å². The number of nitrogens with zero attached hydrogens (tertiary/aromatic N) is 1. The molecule has 8 nitrogen and oxygen atoms in total. The minimum absolute atomic E-state index is 0.0104. The Hall–Kier alpha value is -3.96. The molecule has 35 heavy (non-hydrogen) atoms. The largest absolute Gasteiger partial charge is 0.383 e. The molecule has 3 aromatic rings. The van der Waals surface area contributed by atoms with Gasteiger partial charge >= 0.3 is 0 Å². The first kappa shape index (κ1) is 24.2. The standard InChI is InChI=1S/C24H21F3N4O4/c1-11-17(13-6-18(22(28)29-8-13)23(33)30-16-9-35-10-16)2-3-19(20(11)27)31-24(34)21(32)12-4-14(25)7-15(26)5-12/h2-8,16,21,32H,9-10H2,1H3,(H2,28,29)(H,30,33)(H,31,34)/t21-/m0/s1. The summed E-state index contributed by atoms with van der Waals surface area (Å²) in [5, 5.41) is 15.1. The van der Waals surface area contributed by atoms with Crippen LogP contribution in [0.5, 0.6) is 0 Å². The van der Waals surface area contributed by atoms with Gasteiger partial charge in [0.1, 0.15) is 23.3 Å². The molecule has 2 heterocycles. The van der Waals surface area contributed by atoms with Gasteiger partial charge in [0.2, 0.25) is 0 Å². The Labute approximate surface area is 197 Å². The Morgan fingerprint density at radius 2 is 1.83 bits per heavy atom. The SMILES string of the molecule is Cc1c(-c2cnc(N)c(C(=O)NC3COC3)c2)ccc(NC(=O)[C@@H](O)c2cc(F)cc(F)c2)c1F. The molecule has 1 aliphatic heterocycles. The molecule has 1 fully saturated rings. The molecule has 0 saturated carbocycles. The summed E-state index contributed by atoms with van der Waals surface area (Å²) in [6.07, 6.45) is -0.538. The van der Waals surface area contributed by atoms with E-state index < -0.39 is 35.4 Å². The number of carbonyl (C=O) groups excluding carboxylic acids is 2. The highest BCUT2D eigenvalue weighted by atomic mass is 19.1. The number of anilines is 2. The van der Waals surface area contributed by atoms with Crippen LogP contribution in [-0.2, 0) is 9.53 Å². The molecule has 1 atom stereocenters. The highest BCUT2D eigenvalue weighted by molar-refractivity contribution is 6.00. The number of hydrogen-bond donors (Lipinski definition) is 4. The van der Waals surface area contributed by atoms with Gasteiger partial charge in [-0.05, 0) is 47.9 Å². The van der Waals surface area contributed by atoms with Crippen LogP contribution in [0.2, 0.25) is 0 Å². The number of nitrogens with two attached hydrogens (primary N) is 1. The number of aliphatic hydroxyl groups excluding tert-OH is 1. The molecule has 0 unspecified atom stereocenters. The zero-order valence-corrected chi connectivity index (χ0v) is 18.4. The first-order chi connectivity index (χ1) is 16.6. The normalized spacial score (nSPS) is 14.2. The van der Waals surface area contributed by atoms with Crippen molar-refractivity contribution in [1.29, 1.82) is 0 Å². The van der Waals surface area contributed by atoms with Gasteiger partial charge in [-0.3, -0.25) is 9.59 Å². The third kappa shape index (κ3) is 5.10. The molecule has 1 aliphatic rings. The van der Waals surface area contributed by atoms with Crippen molar-refractivity contribution in [1.82, 2.24) is 10.3 Å². The molecular formula is C24H21F3N4O4. The van der Waals surface area contributed by atoms with Gasteiger partial charge in [-0.15, -0.1) is 0 Å². The monoisotopic (exact) mass is 486 g/mol. The van der Waals surface area contributed by atoms with Crippen molar-refractivity contribution in [3.8, 4) is 11.1 Å². The zero-order valence-electron chi connectivity index (χ0n) is 18.4. The van der Waals surface area contributed by atoms with E-state index in [9.17, 15) is 23.5 Å². The van der Waals surface area contributed by atoms with E-state index in [1.165, 1.54) is 31.3 Å². The Bertz CT molecular complexity index is 1290. The van der Waals surface area contributed by atoms with Gasteiger partial charge < -0.3 is 26.2 Å². The van der Waals surface area contributed by atoms with E-state index in [2.05, 4.69) is 15.6 Å². The lowest BCUT2D eigenvalue weighted by molar-refractivity contribution is -0.124. The second-order valence-corrected chi connectivity index (χ2v) is 8.06. The van der Waals surface area contributed by atoms with E-state index in [1.54, 1.807) is 0 Å². The molecule has 11 heteroatoms. The van der Waals surface area contributed by atoms with Crippen molar-refractivity contribution >= 4 is 23.3 Å². The molecule has 5 N–H and O–H groups in total. The van der Waals surface area contributed by atoms with Crippen LogP contribution in [-0.4, -0.2) is 41.2 Å². The second kappa shape index (κ2) is 9.72. The summed E-state index contributed by atoms with van der Waals surface area (Å²) in [6.45, 7) is 2.26.